The average molecular weight is 292 g/mol. The first-order valence-corrected chi connectivity index (χ1v) is 7.34. The Morgan fingerprint density at radius 2 is 2.05 bits per heavy atom. The first kappa shape index (κ1) is 13.3. The minimum Gasteiger partial charge on any atom is -0.457 e. The molecule has 3 rings (SSSR count). The molecule has 1 aromatic carbocycles. The Hall–Kier alpha value is -2.64. The number of furan rings is 1. The Morgan fingerprint density at radius 1 is 1.24 bits per heavy atom. The highest BCUT2D eigenvalue weighted by Gasteiger charge is 2.08. The van der Waals surface area contributed by atoms with Gasteiger partial charge in [-0.05, 0) is 19.1 Å². The molecule has 0 aliphatic rings. The number of aryl methyl sites for hydroxylation is 1. The third-order valence-electron chi connectivity index (χ3n) is 2.94. The van der Waals surface area contributed by atoms with E-state index in [1.54, 1.807) is 6.08 Å². The van der Waals surface area contributed by atoms with Crippen LogP contribution in [0.5, 0.6) is 0 Å². The van der Waals surface area contributed by atoms with Crippen molar-refractivity contribution < 1.29 is 4.42 Å². The second-order valence-corrected chi connectivity index (χ2v) is 5.39. The van der Waals surface area contributed by atoms with Crippen molar-refractivity contribution in [1.29, 1.82) is 5.26 Å². The molecule has 0 N–H and O–H groups in total. The summed E-state index contributed by atoms with van der Waals surface area (Å²) in [5, 5.41) is 11.9. The minimum atomic E-state index is 0.516. The lowest BCUT2D eigenvalue weighted by molar-refractivity contribution is 0.572. The van der Waals surface area contributed by atoms with Gasteiger partial charge in [0.2, 0.25) is 0 Å². The van der Waals surface area contributed by atoms with Gasteiger partial charge >= 0.3 is 0 Å². The lowest BCUT2D eigenvalue weighted by Gasteiger charge is -1.95. The van der Waals surface area contributed by atoms with Gasteiger partial charge in [-0.25, -0.2) is 4.98 Å². The number of nitrogens with zero attached hydrogens (tertiary/aromatic N) is 2. The molecule has 0 amide bonds. The number of rotatable bonds is 3. The summed E-state index contributed by atoms with van der Waals surface area (Å²) in [6.07, 6.45) is 1.73. The van der Waals surface area contributed by atoms with Crippen LogP contribution in [0.1, 0.15) is 16.5 Å². The summed E-state index contributed by atoms with van der Waals surface area (Å²) in [5.74, 6) is 1.44. The van der Waals surface area contributed by atoms with Crippen LogP contribution in [0.2, 0.25) is 0 Å². The second-order valence-electron chi connectivity index (χ2n) is 4.53. The number of aromatic nitrogens is 1. The van der Waals surface area contributed by atoms with Crippen molar-refractivity contribution in [3.8, 4) is 17.4 Å². The molecule has 4 heteroatoms. The van der Waals surface area contributed by atoms with Crippen LogP contribution in [0.15, 0.2) is 52.3 Å². The molecular weight excluding hydrogens is 280 g/mol. The fourth-order valence-corrected chi connectivity index (χ4v) is 2.71. The van der Waals surface area contributed by atoms with E-state index in [2.05, 4.69) is 11.1 Å². The monoisotopic (exact) mass is 292 g/mol. The molecule has 0 unspecified atom stereocenters. The van der Waals surface area contributed by atoms with E-state index in [1.165, 1.54) is 11.3 Å². The number of allylic oxidation sites excluding steroid dienone is 1. The van der Waals surface area contributed by atoms with E-state index in [4.69, 9.17) is 4.42 Å². The highest BCUT2D eigenvalue weighted by atomic mass is 32.1. The Balaban J connectivity index is 1.93. The first-order valence-electron chi connectivity index (χ1n) is 6.46. The fourth-order valence-electron chi connectivity index (χ4n) is 1.95. The predicted molar refractivity (Wildman–Crippen MR) is 84.5 cm³/mol. The number of thiazole rings is 1. The zero-order chi connectivity index (χ0) is 14.7. The Labute approximate surface area is 126 Å². The van der Waals surface area contributed by atoms with Gasteiger partial charge in [0.25, 0.3) is 0 Å². The molecule has 0 saturated carbocycles. The van der Waals surface area contributed by atoms with Gasteiger partial charge in [-0.15, -0.1) is 11.3 Å². The molecule has 0 aliphatic carbocycles. The molecule has 2 heterocycles. The van der Waals surface area contributed by atoms with Crippen molar-refractivity contribution >= 4 is 23.0 Å². The van der Waals surface area contributed by atoms with Crippen LogP contribution in [0.4, 0.5) is 0 Å². The summed E-state index contributed by atoms with van der Waals surface area (Å²) >= 11 is 1.46. The first-order chi connectivity index (χ1) is 10.3. The Kier molecular flexibility index (Phi) is 3.67. The smallest absolute Gasteiger partial charge is 0.134 e. The zero-order valence-corrected chi connectivity index (χ0v) is 12.2. The van der Waals surface area contributed by atoms with Crippen molar-refractivity contribution in [2.24, 2.45) is 0 Å². The molecule has 0 saturated heterocycles. The maximum absolute atomic E-state index is 9.28. The highest BCUT2D eigenvalue weighted by Crippen LogP contribution is 2.26. The maximum atomic E-state index is 9.28. The van der Waals surface area contributed by atoms with Gasteiger partial charge in [0.05, 0.1) is 5.57 Å². The van der Waals surface area contributed by atoms with Gasteiger partial charge in [0.1, 0.15) is 22.6 Å². The van der Waals surface area contributed by atoms with Crippen LogP contribution >= 0.6 is 11.3 Å². The van der Waals surface area contributed by atoms with Crippen molar-refractivity contribution in [3.05, 3.63) is 64.3 Å². The van der Waals surface area contributed by atoms with Gasteiger partial charge in [-0.3, -0.25) is 0 Å². The topological polar surface area (TPSA) is 49.8 Å². The van der Waals surface area contributed by atoms with E-state index < -0.39 is 0 Å². The van der Waals surface area contributed by atoms with Crippen LogP contribution < -0.4 is 0 Å². The van der Waals surface area contributed by atoms with E-state index in [9.17, 15) is 5.26 Å². The van der Waals surface area contributed by atoms with Gasteiger partial charge in [0.15, 0.2) is 0 Å². The summed E-state index contributed by atoms with van der Waals surface area (Å²) in [6.45, 7) is 1.91. The van der Waals surface area contributed by atoms with E-state index in [1.807, 2.05) is 54.8 Å². The molecule has 21 heavy (non-hydrogen) atoms. The summed E-state index contributed by atoms with van der Waals surface area (Å²) < 4.78 is 5.78. The molecule has 102 valence electrons. The quantitative estimate of drug-likeness (QED) is 0.653. The number of benzene rings is 1. The molecule has 0 radical (unpaired) electrons. The van der Waals surface area contributed by atoms with E-state index in [0.29, 0.717) is 16.3 Å². The largest absolute Gasteiger partial charge is 0.457 e. The standard InChI is InChI=1S/C17H12N2OS/c1-12-11-21-17(19-12)14(10-18)9-15-7-8-16(20-15)13-5-3-2-4-6-13/h2-9,11H,1H3. The Morgan fingerprint density at radius 3 is 2.71 bits per heavy atom. The summed E-state index contributed by atoms with van der Waals surface area (Å²) in [7, 11) is 0. The number of hydrogen-bond acceptors (Lipinski definition) is 4. The van der Waals surface area contributed by atoms with E-state index in [0.717, 1.165) is 17.0 Å². The van der Waals surface area contributed by atoms with Gasteiger partial charge in [-0.2, -0.15) is 5.26 Å². The van der Waals surface area contributed by atoms with Crippen LogP contribution in [-0.2, 0) is 0 Å². The lowest BCUT2D eigenvalue weighted by atomic mass is 10.2. The van der Waals surface area contributed by atoms with Gasteiger partial charge < -0.3 is 4.42 Å². The van der Waals surface area contributed by atoms with Crippen LogP contribution in [-0.4, -0.2) is 4.98 Å². The van der Waals surface area contributed by atoms with Gasteiger partial charge in [-0.1, -0.05) is 30.3 Å². The van der Waals surface area contributed by atoms with Crippen molar-refractivity contribution in [3.63, 3.8) is 0 Å². The van der Waals surface area contributed by atoms with Crippen molar-refractivity contribution in [1.82, 2.24) is 4.98 Å². The molecule has 0 bridgehead atoms. The minimum absolute atomic E-state index is 0.516. The predicted octanol–water partition coefficient (Wildman–Crippen LogP) is 4.78. The van der Waals surface area contributed by atoms with Gasteiger partial charge in [0, 0.05) is 22.7 Å². The molecule has 0 aliphatic heterocycles. The maximum Gasteiger partial charge on any atom is 0.134 e. The van der Waals surface area contributed by atoms with Crippen LogP contribution in [0.25, 0.3) is 23.0 Å². The molecule has 3 nitrogen and oxygen atoms in total. The Bertz CT molecular complexity index is 822. The third kappa shape index (κ3) is 2.93. The van der Waals surface area contributed by atoms with E-state index >= 15 is 0 Å². The summed E-state index contributed by atoms with van der Waals surface area (Å²) in [5.41, 5.74) is 2.45. The molecule has 0 atom stereocenters. The molecule has 0 spiro atoms. The summed E-state index contributed by atoms with van der Waals surface area (Å²) in [6, 6.07) is 15.8. The second kappa shape index (κ2) is 5.78. The lowest BCUT2D eigenvalue weighted by Crippen LogP contribution is -1.80. The third-order valence-corrected chi connectivity index (χ3v) is 3.93. The average Bonchev–Trinajstić information content (AvgIpc) is 3.15. The molecule has 0 fully saturated rings. The zero-order valence-electron chi connectivity index (χ0n) is 11.4. The van der Waals surface area contributed by atoms with E-state index in [-0.39, 0.29) is 0 Å². The summed E-state index contributed by atoms with van der Waals surface area (Å²) in [4.78, 5) is 4.33. The molecular formula is C17H12N2OS. The van der Waals surface area contributed by atoms with Crippen molar-refractivity contribution in [2.75, 3.05) is 0 Å². The van der Waals surface area contributed by atoms with Crippen LogP contribution in [0, 0.1) is 18.3 Å². The fraction of sp³-hybridized carbons (Fsp3) is 0.0588. The molecule has 3 aromatic rings. The molecule has 2 aromatic heterocycles. The number of nitriles is 1. The normalized spacial score (nSPS) is 11.3. The highest BCUT2D eigenvalue weighted by molar-refractivity contribution is 7.11. The number of hydrogen-bond donors (Lipinski definition) is 0. The SMILES string of the molecule is Cc1csc(C(C#N)=Cc2ccc(-c3ccccc3)o2)n1. The van der Waals surface area contributed by atoms with Crippen molar-refractivity contribution in [2.45, 2.75) is 6.92 Å². The van der Waals surface area contributed by atoms with Crippen LogP contribution in [0.3, 0.4) is 0 Å².